The number of aromatic nitrogens is 1. The van der Waals surface area contributed by atoms with Gasteiger partial charge in [0.1, 0.15) is 0 Å². The molecule has 0 saturated carbocycles. The summed E-state index contributed by atoms with van der Waals surface area (Å²) in [6.07, 6.45) is 1.59. The van der Waals surface area contributed by atoms with E-state index in [9.17, 15) is 4.79 Å². The quantitative estimate of drug-likeness (QED) is 0.774. The zero-order valence-corrected chi connectivity index (χ0v) is 8.82. The third-order valence-electron chi connectivity index (χ3n) is 1.83. The molecule has 66 valence electrons. The predicted molar refractivity (Wildman–Crippen MR) is 57.3 cm³/mol. The third-order valence-corrected chi connectivity index (χ3v) is 2.82. The molecule has 0 radical (unpaired) electrons. The van der Waals surface area contributed by atoms with Crippen LogP contribution in [-0.4, -0.2) is 4.98 Å². The molecule has 1 N–H and O–H groups in total. The summed E-state index contributed by atoms with van der Waals surface area (Å²) < 4.78 is 0.758. The molecule has 0 spiro atoms. The molecule has 4 heteroatoms. The van der Waals surface area contributed by atoms with Crippen molar-refractivity contribution in [1.82, 2.24) is 4.98 Å². The molecule has 2 rings (SSSR count). The van der Waals surface area contributed by atoms with Crippen LogP contribution >= 0.6 is 27.5 Å². The highest BCUT2D eigenvalue weighted by molar-refractivity contribution is 9.10. The Morgan fingerprint density at radius 3 is 2.77 bits per heavy atom. The van der Waals surface area contributed by atoms with Crippen LogP contribution in [0.5, 0.6) is 0 Å². The Labute approximate surface area is 87.7 Å². The second-order valence-electron chi connectivity index (χ2n) is 2.62. The maximum Gasteiger partial charge on any atom is 0.257 e. The van der Waals surface area contributed by atoms with Gasteiger partial charge >= 0.3 is 0 Å². The second kappa shape index (κ2) is 3.16. The summed E-state index contributed by atoms with van der Waals surface area (Å²) in [5.74, 6) is 0. The van der Waals surface area contributed by atoms with E-state index in [4.69, 9.17) is 11.6 Å². The number of fused-ring (bicyclic) bond motifs is 1. The van der Waals surface area contributed by atoms with Crippen LogP contribution in [0.4, 0.5) is 0 Å². The van der Waals surface area contributed by atoms with Gasteiger partial charge in [0.05, 0.1) is 5.39 Å². The minimum atomic E-state index is -0.133. The molecule has 2 nitrogen and oxygen atoms in total. The Balaban J connectivity index is 3.09. The van der Waals surface area contributed by atoms with Crippen LogP contribution in [0.1, 0.15) is 0 Å². The zero-order valence-electron chi connectivity index (χ0n) is 6.47. The SMILES string of the molecule is O=c1[nH]ccc2c(Cl)ccc(Br)c12. The van der Waals surface area contributed by atoms with Gasteiger partial charge in [-0.3, -0.25) is 4.79 Å². The van der Waals surface area contributed by atoms with Gasteiger partial charge in [-0.25, -0.2) is 0 Å². The van der Waals surface area contributed by atoms with Crippen LogP contribution in [0.15, 0.2) is 33.7 Å². The molecule has 0 aliphatic heterocycles. The van der Waals surface area contributed by atoms with E-state index in [-0.39, 0.29) is 5.56 Å². The fraction of sp³-hybridized carbons (Fsp3) is 0. The van der Waals surface area contributed by atoms with E-state index >= 15 is 0 Å². The monoisotopic (exact) mass is 257 g/mol. The summed E-state index contributed by atoms with van der Waals surface area (Å²) in [5, 5.41) is 1.94. The summed E-state index contributed by atoms with van der Waals surface area (Å²) in [4.78, 5) is 14.0. The molecule has 0 aliphatic rings. The Morgan fingerprint density at radius 2 is 2.08 bits per heavy atom. The number of H-pyrrole nitrogens is 1. The lowest BCUT2D eigenvalue weighted by molar-refractivity contribution is 1.27. The van der Waals surface area contributed by atoms with Crippen LogP contribution < -0.4 is 5.56 Å². The van der Waals surface area contributed by atoms with E-state index in [1.165, 1.54) is 0 Å². The maximum atomic E-state index is 11.4. The number of nitrogens with one attached hydrogen (secondary N) is 1. The van der Waals surface area contributed by atoms with E-state index in [2.05, 4.69) is 20.9 Å². The standard InChI is InChI=1S/C9H5BrClNO/c10-6-1-2-7(11)5-3-4-12-9(13)8(5)6/h1-4H,(H,12,13). The molecular weight excluding hydrogens is 253 g/mol. The van der Waals surface area contributed by atoms with Crippen molar-refractivity contribution in [1.29, 1.82) is 0 Å². The average Bonchev–Trinajstić information content (AvgIpc) is 2.12. The largest absolute Gasteiger partial charge is 0.329 e. The molecule has 0 saturated heterocycles. The van der Waals surface area contributed by atoms with Gasteiger partial charge in [0.25, 0.3) is 5.56 Å². The minimum absolute atomic E-state index is 0.133. The summed E-state index contributed by atoms with van der Waals surface area (Å²) in [5.41, 5.74) is -0.133. The van der Waals surface area contributed by atoms with Gasteiger partial charge in [-0.15, -0.1) is 0 Å². The fourth-order valence-electron chi connectivity index (χ4n) is 1.23. The first-order chi connectivity index (χ1) is 6.20. The van der Waals surface area contributed by atoms with Gasteiger partial charge in [-0.1, -0.05) is 11.6 Å². The number of benzene rings is 1. The van der Waals surface area contributed by atoms with Crippen LogP contribution in [0.3, 0.4) is 0 Å². The van der Waals surface area contributed by atoms with Crippen LogP contribution in [0.25, 0.3) is 10.8 Å². The van der Waals surface area contributed by atoms with Gasteiger partial charge in [0.2, 0.25) is 0 Å². The number of hydrogen-bond donors (Lipinski definition) is 1. The first-order valence-corrected chi connectivity index (χ1v) is 4.82. The minimum Gasteiger partial charge on any atom is -0.329 e. The van der Waals surface area contributed by atoms with Crippen molar-refractivity contribution in [2.75, 3.05) is 0 Å². The highest BCUT2D eigenvalue weighted by atomic mass is 79.9. The predicted octanol–water partition coefficient (Wildman–Crippen LogP) is 2.94. The number of hydrogen-bond acceptors (Lipinski definition) is 1. The summed E-state index contributed by atoms with van der Waals surface area (Å²) in [6, 6.07) is 5.30. The molecule has 1 heterocycles. The number of pyridine rings is 1. The van der Waals surface area contributed by atoms with E-state index in [1.807, 2.05) is 0 Å². The third kappa shape index (κ3) is 1.38. The van der Waals surface area contributed by atoms with Crippen molar-refractivity contribution in [3.63, 3.8) is 0 Å². The molecule has 0 bridgehead atoms. The molecule has 0 amide bonds. The van der Waals surface area contributed by atoms with E-state index in [0.717, 1.165) is 9.86 Å². The Morgan fingerprint density at radius 1 is 1.31 bits per heavy atom. The van der Waals surface area contributed by atoms with Crippen molar-refractivity contribution >= 4 is 38.3 Å². The van der Waals surface area contributed by atoms with E-state index < -0.39 is 0 Å². The highest BCUT2D eigenvalue weighted by Crippen LogP contribution is 2.26. The summed E-state index contributed by atoms with van der Waals surface area (Å²) in [6.45, 7) is 0. The smallest absolute Gasteiger partial charge is 0.257 e. The first kappa shape index (κ1) is 8.78. The lowest BCUT2D eigenvalue weighted by atomic mass is 10.2. The number of halogens is 2. The van der Waals surface area contributed by atoms with E-state index in [1.54, 1.807) is 24.4 Å². The lowest BCUT2D eigenvalue weighted by Crippen LogP contribution is -2.04. The molecule has 0 aliphatic carbocycles. The van der Waals surface area contributed by atoms with Gasteiger partial charge in [0.15, 0.2) is 0 Å². The van der Waals surface area contributed by atoms with Gasteiger partial charge in [-0.05, 0) is 34.1 Å². The zero-order chi connectivity index (χ0) is 9.42. The number of aromatic amines is 1. The van der Waals surface area contributed by atoms with Crippen molar-refractivity contribution in [2.45, 2.75) is 0 Å². The fourth-order valence-corrected chi connectivity index (χ4v) is 1.98. The molecule has 1 aromatic heterocycles. The van der Waals surface area contributed by atoms with Crippen molar-refractivity contribution < 1.29 is 0 Å². The van der Waals surface area contributed by atoms with Crippen LogP contribution in [0, 0.1) is 0 Å². The second-order valence-corrected chi connectivity index (χ2v) is 3.89. The Bertz CT molecular complexity index is 520. The lowest BCUT2D eigenvalue weighted by Gasteiger charge is -2.00. The van der Waals surface area contributed by atoms with Gasteiger partial charge in [-0.2, -0.15) is 0 Å². The normalized spacial score (nSPS) is 10.6. The topological polar surface area (TPSA) is 32.9 Å². The molecule has 13 heavy (non-hydrogen) atoms. The Kier molecular flexibility index (Phi) is 2.14. The number of rotatable bonds is 0. The van der Waals surface area contributed by atoms with Crippen LogP contribution in [-0.2, 0) is 0 Å². The molecule has 0 unspecified atom stereocenters. The van der Waals surface area contributed by atoms with Crippen molar-refractivity contribution in [3.05, 3.63) is 44.2 Å². The molecular formula is C9H5BrClNO. The van der Waals surface area contributed by atoms with Crippen molar-refractivity contribution in [3.8, 4) is 0 Å². The highest BCUT2D eigenvalue weighted by Gasteiger charge is 2.05. The van der Waals surface area contributed by atoms with Gasteiger partial charge < -0.3 is 4.98 Å². The molecule has 0 atom stereocenters. The van der Waals surface area contributed by atoms with Crippen molar-refractivity contribution in [2.24, 2.45) is 0 Å². The Hall–Kier alpha value is -0.800. The van der Waals surface area contributed by atoms with Crippen LogP contribution in [0.2, 0.25) is 5.02 Å². The molecule has 1 aromatic carbocycles. The average molecular weight is 259 g/mol. The van der Waals surface area contributed by atoms with E-state index in [0.29, 0.717) is 10.4 Å². The summed E-state index contributed by atoms with van der Waals surface area (Å²) in [7, 11) is 0. The summed E-state index contributed by atoms with van der Waals surface area (Å²) >= 11 is 9.23. The first-order valence-electron chi connectivity index (χ1n) is 3.65. The molecule has 2 aromatic rings. The maximum absolute atomic E-state index is 11.4. The van der Waals surface area contributed by atoms with Gasteiger partial charge in [0, 0.05) is 21.1 Å². The molecule has 0 fully saturated rings.